The van der Waals surface area contributed by atoms with Crippen LogP contribution in [0.2, 0.25) is 0 Å². The third kappa shape index (κ3) is 3.96. The van der Waals surface area contributed by atoms with Gasteiger partial charge in [-0.05, 0) is 36.4 Å². The molecular formula is C18H12N2O3. The highest BCUT2D eigenvalue weighted by atomic mass is 16.5. The summed E-state index contributed by atoms with van der Waals surface area (Å²) < 4.78 is 10.4. The second-order valence-electron chi connectivity index (χ2n) is 4.44. The molecule has 0 radical (unpaired) electrons. The summed E-state index contributed by atoms with van der Waals surface area (Å²) in [6.45, 7) is 0. The summed E-state index contributed by atoms with van der Waals surface area (Å²) in [5.41, 5.74) is 0.774. The topological polar surface area (TPSA) is 83.1 Å². The number of esters is 1. The lowest BCUT2D eigenvalue weighted by Crippen LogP contribution is -2.09. The van der Waals surface area contributed by atoms with E-state index in [-0.39, 0.29) is 11.3 Å². The maximum Gasteiger partial charge on any atom is 0.343 e. The van der Waals surface area contributed by atoms with Crippen molar-refractivity contribution in [2.45, 2.75) is 0 Å². The number of carbonyl (C=O) groups excluding carboxylic acids is 1. The molecule has 0 aliphatic rings. The summed E-state index contributed by atoms with van der Waals surface area (Å²) in [4.78, 5) is 12.2. The second-order valence-corrected chi connectivity index (χ2v) is 4.44. The molecule has 5 nitrogen and oxygen atoms in total. The van der Waals surface area contributed by atoms with Crippen LogP contribution in [0.4, 0.5) is 0 Å². The molecule has 0 fully saturated rings. The van der Waals surface area contributed by atoms with Gasteiger partial charge in [0.1, 0.15) is 29.2 Å². The smallest absolute Gasteiger partial charge is 0.343 e. The molecule has 0 heterocycles. The number of nitrogens with zero attached hydrogens (tertiary/aromatic N) is 2. The second kappa shape index (κ2) is 7.44. The van der Waals surface area contributed by atoms with Crippen LogP contribution in [0.1, 0.15) is 15.9 Å². The molecule has 0 aliphatic heterocycles. The van der Waals surface area contributed by atoms with Crippen molar-refractivity contribution < 1.29 is 14.3 Å². The highest BCUT2D eigenvalue weighted by Crippen LogP contribution is 2.22. The van der Waals surface area contributed by atoms with Gasteiger partial charge < -0.3 is 9.47 Å². The Morgan fingerprint density at radius 3 is 2.30 bits per heavy atom. The molecule has 2 aromatic carbocycles. The van der Waals surface area contributed by atoms with Gasteiger partial charge in [0.15, 0.2) is 0 Å². The normalized spacial score (nSPS) is 9.17. The number of allylic oxidation sites excluding steroid dienone is 1. The zero-order chi connectivity index (χ0) is 16.7. The van der Waals surface area contributed by atoms with Gasteiger partial charge in [-0.3, -0.25) is 0 Å². The molecule has 23 heavy (non-hydrogen) atoms. The van der Waals surface area contributed by atoms with Gasteiger partial charge in [-0.1, -0.05) is 18.2 Å². The van der Waals surface area contributed by atoms with E-state index in [4.69, 9.17) is 20.0 Å². The van der Waals surface area contributed by atoms with Gasteiger partial charge >= 0.3 is 5.97 Å². The van der Waals surface area contributed by atoms with Crippen LogP contribution in [0.5, 0.6) is 11.5 Å². The van der Waals surface area contributed by atoms with Crippen LogP contribution in [0.3, 0.4) is 0 Å². The predicted octanol–water partition coefficient (Wildman–Crippen LogP) is 3.34. The summed E-state index contributed by atoms with van der Waals surface area (Å²) >= 11 is 0. The number of rotatable bonds is 4. The van der Waals surface area contributed by atoms with E-state index in [0.29, 0.717) is 16.9 Å². The van der Waals surface area contributed by atoms with Crippen LogP contribution in [-0.2, 0) is 0 Å². The largest absolute Gasteiger partial charge is 0.497 e. The van der Waals surface area contributed by atoms with E-state index in [1.807, 2.05) is 0 Å². The summed E-state index contributed by atoms with van der Waals surface area (Å²) in [6.07, 6.45) is 1.37. The summed E-state index contributed by atoms with van der Waals surface area (Å²) in [6, 6.07) is 16.7. The van der Waals surface area contributed by atoms with E-state index in [9.17, 15) is 4.79 Å². The van der Waals surface area contributed by atoms with Crippen molar-refractivity contribution in [1.29, 1.82) is 10.5 Å². The fourth-order valence-corrected chi connectivity index (χ4v) is 1.82. The lowest BCUT2D eigenvalue weighted by atomic mass is 10.1. The number of benzene rings is 2. The van der Waals surface area contributed by atoms with Crippen LogP contribution >= 0.6 is 0 Å². The quantitative estimate of drug-likeness (QED) is 0.491. The number of para-hydroxylation sites is 1. The molecule has 0 atom stereocenters. The molecule has 0 aliphatic carbocycles. The first-order valence-corrected chi connectivity index (χ1v) is 6.65. The summed E-state index contributed by atoms with van der Waals surface area (Å²) in [5, 5.41) is 17.7. The molecule has 0 aromatic heterocycles. The lowest BCUT2D eigenvalue weighted by molar-refractivity contribution is 0.0734. The molecule has 0 unspecified atom stereocenters. The maximum absolute atomic E-state index is 12.2. The number of carbonyl (C=O) groups is 1. The van der Waals surface area contributed by atoms with Gasteiger partial charge in [0.2, 0.25) is 0 Å². The summed E-state index contributed by atoms with van der Waals surface area (Å²) in [5.74, 6) is 0.373. The molecule has 0 saturated heterocycles. The Bertz CT molecular complexity index is 809. The van der Waals surface area contributed by atoms with Crippen molar-refractivity contribution in [3.63, 3.8) is 0 Å². The van der Waals surface area contributed by atoms with E-state index in [2.05, 4.69) is 0 Å². The fourth-order valence-electron chi connectivity index (χ4n) is 1.82. The third-order valence-corrected chi connectivity index (χ3v) is 2.99. The number of ether oxygens (including phenoxy) is 2. The molecule has 112 valence electrons. The highest BCUT2D eigenvalue weighted by Gasteiger charge is 2.11. The zero-order valence-electron chi connectivity index (χ0n) is 12.3. The predicted molar refractivity (Wildman–Crippen MR) is 83.6 cm³/mol. The Labute approximate surface area is 133 Å². The SMILES string of the molecule is COc1ccc(C(=O)Oc2ccccc2C=C(C#N)C#N)cc1. The molecule has 0 bridgehead atoms. The van der Waals surface area contributed by atoms with Crippen LogP contribution in [0.25, 0.3) is 6.08 Å². The van der Waals surface area contributed by atoms with E-state index >= 15 is 0 Å². The van der Waals surface area contributed by atoms with Gasteiger partial charge in [-0.2, -0.15) is 10.5 Å². The van der Waals surface area contributed by atoms with Gasteiger partial charge in [-0.25, -0.2) is 4.79 Å². The van der Waals surface area contributed by atoms with Gasteiger partial charge in [-0.15, -0.1) is 0 Å². The standard InChI is InChI=1S/C18H12N2O3/c1-22-16-8-6-14(7-9-16)18(21)23-17-5-3-2-4-15(17)10-13(11-19)12-20/h2-10H,1H3. The molecule has 0 amide bonds. The Balaban J connectivity index is 2.26. The lowest BCUT2D eigenvalue weighted by Gasteiger charge is -2.08. The van der Waals surface area contributed by atoms with Gasteiger partial charge in [0, 0.05) is 5.56 Å². The zero-order valence-corrected chi connectivity index (χ0v) is 12.3. The van der Waals surface area contributed by atoms with Crippen molar-refractivity contribution in [3.8, 4) is 23.6 Å². The minimum atomic E-state index is -0.538. The molecule has 0 spiro atoms. The van der Waals surface area contributed by atoms with E-state index in [1.165, 1.54) is 13.2 Å². The molecule has 0 saturated carbocycles. The van der Waals surface area contributed by atoms with E-state index in [0.717, 1.165) is 0 Å². The molecule has 2 rings (SSSR count). The third-order valence-electron chi connectivity index (χ3n) is 2.99. The Kier molecular flexibility index (Phi) is 5.12. The minimum Gasteiger partial charge on any atom is -0.497 e. The van der Waals surface area contributed by atoms with Gasteiger partial charge in [0.25, 0.3) is 0 Å². The van der Waals surface area contributed by atoms with Crippen molar-refractivity contribution in [2.75, 3.05) is 7.11 Å². The van der Waals surface area contributed by atoms with Crippen molar-refractivity contribution in [3.05, 3.63) is 65.2 Å². The average Bonchev–Trinajstić information content (AvgIpc) is 2.61. The van der Waals surface area contributed by atoms with Crippen molar-refractivity contribution in [2.24, 2.45) is 0 Å². The van der Waals surface area contributed by atoms with Crippen LogP contribution in [0, 0.1) is 22.7 Å². The first-order valence-electron chi connectivity index (χ1n) is 6.65. The first kappa shape index (κ1) is 15.8. The maximum atomic E-state index is 12.2. The highest BCUT2D eigenvalue weighted by molar-refractivity contribution is 5.91. The minimum absolute atomic E-state index is 0.0713. The van der Waals surface area contributed by atoms with E-state index in [1.54, 1.807) is 60.7 Å². The van der Waals surface area contributed by atoms with Crippen molar-refractivity contribution >= 4 is 12.0 Å². The van der Waals surface area contributed by atoms with Crippen LogP contribution < -0.4 is 9.47 Å². The van der Waals surface area contributed by atoms with Gasteiger partial charge in [0.05, 0.1) is 12.7 Å². The Hall–Kier alpha value is -3.57. The monoisotopic (exact) mass is 304 g/mol. The first-order chi connectivity index (χ1) is 11.2. The molecule has 2 aromatic rings. The average molecular weight is 304 g/mol. The fraction of sp³-hybridized carbons (Fsp3) is 0.0556. The molecule has 0 N–H and O–H groups in total. The summed E-state index contributed by atoms with van der Waals surface area (Å²) in [7, 11) is 1.54. The van der Waals surface area contributed by atoms with Crippen LogP contribution in [-0.4, -0.2) is 13.1 Å². The van der Waals surface area contributed by atoms with Crippen molar-refractivity contribution in [1.82, 2.24) is 0 Å². The van der Waals surface area contributed by atoms with E-state index < -0.39 is 5.97 Å². The van der Waals surface area contributed by atoms with Crippen LogP contribution in [0.15, 0.2) is 54.1 Å². The Morgan fingerprint density at radius 2 is 1.70 bits per heavy atom. The molecule has 5 heteroatoms. The number of nitriles is 2. The number of hydrogen-bond donors (Lipinski definition) is 0. The Morgan fingerprint density at radius 1 is 1.04 bits per heavy atom. The molecular weight excluding hydrogens is 292 g/mol. The number of hydrogen-bond acceptors (Lipinski definition) is 5. The number of methoxy groups -OCH3 is 1.